The smallest absolute Gasteiger partial charge is 0.263 e. The van der Waals surface area contributed by atoms with Gasteiger partial charge in [-0.1, -0.05) is 41.8 Å². The first-order chi connectivity index (χ1) is 11.4. The predicted molar refractivity (Wildman–Crippen MR) is 88.3 cm³/mol. The highest BCUT2D eigenvalue weighted by Crippen LogP contribution is 2.31. The molecule has 1 aromatic rings. The maximum Gasteiger partial charge on any atom is 0.334 e. The first kappa shape index (κ1) is 17.1. The van der Waals surface area contributed by atoms with E-state index in [9.17, 15) is 18.8 Å². The van der Waals surface area contributed by atoms with Crippen LogP contribution in [-0.4, -0.2) is 33.7 Å². The molecule has 7 heteroatoms. The Bertz CT molecular complexity index is 709. The average molecular weight is 397 g/mol. The van der Waals surface area contributed by atoms with Crippen molar-refractivity contribution in [3.63, 3.8) is 0 Å². The number of imide groups is 2. The highest BCUT2D eigenvalue weighted by Gasteiger charge is 2.49. The molecule has 1 aliphatic carbocycles. The Morgan fingerprint density at radius 2 is 1.88 bits per heavy atom. The second-order valence-corrected chi connectivity index (χ2v) is 7.33. The largest absolute Gasteiger partial charge is 0.334 e. The van der Waals surface area contributed by atoms with E-state index in [2.05, 4.69) is 15.9 Å². The minimum absolute atomic E-state index is 0.170. The Kier molecular flexibility index (Phi) is 4.71. The van der Waals surface area contributed by atoms with Crippen LogP contribution in [0.4, 0.5) is 9.18 Å². The third-order valence-electron chi connectivity index (χ3n) is 4.83. The van der Waals surface area contributed by atoms with Crippen LogP contribution >= 0.6 is 15.9 Å². The second kappa shape index (κ2) is 6.63. The summed E-state index contributed by atoms with van der Waals surface area (Å²) in [5.41, 5.74) is 0.200. The van der Waals surface area contributed by atoms with E-state index in [1.807, 2.05) is 6.92 Å². The molecule has 24 heavy (non-hydrogen) atoms. The molecule has 0 bridgehead atoms. The second-order valence-electron chi connectivity index (χ2n) is 6.41. The number of urea groups is 1. The van der Waals surface area contributed by atoms with E-state index in [1.54, 1.807) is 6.07 Å². The van der Waals surface area contributed by atoms with Crippen molar-refractivity contribution in [3.8, 4) is 0 Å². The van der Waals surface area contributed by atoms with Gasteiger partial charge in [-0.05, 0) is 30.9 Å². The molecular weight excluding hydrogens is 379 g/mol. The quantitative estimate of drug-likeness (QED) is 0.580. The summed E-state index contributed by atoms with van der Waals surface area (Å²) in [6.07, 6.45) is 3.64. The maximum absolute atomic E-state index is 14.0. The zero-order valence-corrected chi connectivity index (χ0v) is 14.9. The number of hydrogen-bond acceptors (Lipinski definition) is 3. The molecule has 2 aliphatic rings. The van der Waals surface area contributed by atoms with E-state index in [1.165, 1.54) is 12.1 Å². The van der Waals surface area contributed by atoms with Crippen LogP contribution in [-0.2, 0) is 16.1 Å². The normalized spacial score (nSPS) is 24.9. The fourth-order valence-electron chi connectivity index (χ4n) is 3.45. The molecule has 4 amide bonds. The van der Waals surface area contributed by atoms with Gasteiger partial charge in [-0.3, -0.25) is 19.4 Å². The van der Waals surface area contributed by atoms with Gasteiger partial charge in [0.15, 0.2) is 0 Å². The number of benzene rings is 1. The van der Waals surface area contributed by atoms with Gasteiger partial charge in [0, 0.05) is 16.1 Å². The summed E-state index contributed by atoms with van der Waals surface area (Å²) in [7, 11) is 0. The van der Waals surface area contributed by atoms with Crippen molar-refractivity contribution in [1.82, 2.24) is 9.80 Å². The fraction of sp³-hybridized carbons (Fsp3) is 0.471. The summed E-state index contributed by atoms with van der Waals surface area (Å²) in [5, 5.41) is 0. The number of rotatable bonds is 3. The van der Waals surface area contributed by atoms with Crippen LogP contribution in [0.5, 0.6) is 0 Å². The molecule has 0 radical (unpaired) electrons. The third-order valence-corrected chi connectivity index (χ3v) is 5.32. The van der Waals surface area contributed by atoms with Crippen LogP contribution in [0.25, 0.3) is 0 Å². The van der Waals surface area contributed by atoms with E-state index in [0.29, 0.717) is 10.9 Å². The molecule has 5 nitrogen and oxygen atoms in total. The van der Waals surface area contributed by atoms with Crippen molar-refractivity contribution in [2.45, 2.75) is 45.2 Å². The highest BCUT2D eigenvalue weighted by molar-refractivity contribution is 9.10. The molecule has 0 spiro atoms. The molecule has 0 aromatic heterocycles. The Balaban J connectivity index is 1.83. The molecule has 1 aliphatic heterocycles. The van der Waals surface area contributed by atoms with E-state index in [0.717, 1.165) is 29.1 Å². The summed E-state index contributed by atoms with van der Waals surface area (Å²) < 4.78 is 14.6. The van der Waals surface area contributed by atoms with Crippen molar-refractivity contribution in [1.29, 1.82) is 0 Å². The summed E-state index contributed by atoms with van der Waals surface area (Å²) in [6.45, 7) is 1.76. The summed E-state index contributed by atoms with van der Waals surface area (Å²) >= 11 is 3.16. The molecule has 3 rings (SSSR count). The lowest BCUT2D eigenvalue weighted by atomic mass is 9.85. The molecule has 0 unspecified atom stereocenters. The number of halogens is 2. The van der Waals surface area contributed by atoms with Crippen LogP contribution in [0.15, 0.2) is 22.7 Å². The van der Waals surface area contributed by atoms with Crippen molar-refractivity contribution in [2.24, 2.45) is 5.92 Å². The number of amides is 4. The highest BCUT2D eigenvalue weighted by atomic mass is 79.9. The third kappa shape index (κ3) is 2.97. The Morgan fingerprint density at radius 1 is 1.17 bits per heavy atom. The molecule has 1 saturated carbocycles. The van der Waals surface area contributed by atoms with Crippen molar-refractivity contribution in [2.75, 3.05) is 0 Å². The summed E-state index contributed by atoms with van der Waals surface area (Å²) in [5.74, 6) is -2.03. The predicted octanol–water partition coefficient (Wildman–Crippen LogP) is 3.46. The Labute approximate surface area is 147 Å². The number of nitrogens with zero attached hydrogens (tertiary/aromatic N) is 2. The molecule has 0 N–H and O–H groups in total. The average Bonchev–Trinajstić information content (AvgIpc) is 2.74. The fourth-order valence-corrected chi connectivity index (χ4v) is 3.79. The van der Waals surface area contributed by atoms with Gasteiger partial charge in [-0.15, -0.1) is 0 Å². The first-order valence-electron chi connectivity index (χ1n) is 8.03. The van der Waals surface area contributed by atoms with Crippen LogP contribution in [0.3, 0.4) is 0 Å². The molecule has 1 aromatic carbocycles. The van der Waals surface area contributed by atoms with E-state index >= 15 is 0 Å². The number of carbonyl (C=O) groups is 3. The van der Waals surface area contributed by atoms with Gasteiger partial charge < -0.3 is 0 Å². The van der Waals surface area contributed by atoms with Gasteiger partial charge in [-0.25, -0.2) is 9.18 Å². The maximum atomic E-state index is 14.0. The topological polar surface area (TPSA) is 57.7 Å². The first-order valence-corrected chi connectivity index (χ1v) is 8.82. The lowest BCUT2D eigenvalue weighted by Crippen LogP contribution is -2.46. The van der Waals surface area contributed by atoms with E-state index in [4.69, 9.17) is 0 Å². The van der Waals surface area contributed by atoms with E-state index in [-0.39, 0.29) is 24.1 Å². The molecule has 1 saturated heterocycles. The van der Waals surface area contributed by atoms with Crippen LogP contribution in [0.2, 0.25) is 0 Å². The van der Waals surface area contributed by atoms with Crippen molar-refractivity contribution >= 4 is 33.8 Å². The lowest BCUT2D eigenvalue weighted by molar-refractivity contribution is -0.144. The molecule has 2 atom stereocenters. The number of hydrogen-bond donors (Lipinski definition) is 0. The minimum Gasteiger partial charge on any atom is -0.263 e. The summed E-state index contributed by atoms with van der Waals surface area (Å²) in [4.78, 5) is 39.1. The van der Waals surface area contributed by atoms with Crippen LogP contribution in [0, 0.1) is 11.7 Å². The minimum atomic E-state index is -0.875. The van der Waals surface area contributed by atoms with Gasteiger partial charge in [0.25, 0.3) is 0 Å². The van der Waals surface area contributed by atoms with Gasteiger partial charge in [0.05, 0.1) is 6.54 Å². The molecule has 2 fully saturated rings. The van der Waals surface area contributed by atoms with E-state index < -0.39 is 23.7 Å². The molecule has 128 valence electrons. The van der Waals surface area contributed by atoms with Crippen LogP contribution < -0.4 is 0 Å². The lowest BCUT2D eigenvalue weighted by Gasteiger charge is -2.34. The van der Waals surface area contributed by atoms with Crippen LogP contribution in [0.1, 0.15) is 38.2 Å². The van der Waals surface area contributed by atoms with Gasteiger partial charge in [-0.2, -0.15) is 0 Å². The monoisotopic (exact) mass is 396 g/mol. The summed E-state index contributed by atoms with van der Waals surface area (Å²) in [6, 6.07) is 3.51. The molecular formula is C17H18BrFN2O3. The van der Waals surface area contributed by atoms with Gasteiger partial charge in [0.1, 0.15) is 5.82 Å². The Hall–Kier alpha value is -1.76. The SMILES string of the molecule is C[C@H]1CCCC[C@@H]1N1C(=O)C(=O)N(Cc2ccc(Br)cc2F)C1=O. The molecule has 1 heterocycles. The van der Waals surface area contributed by atoms with Gasteiger partial charge >= 0.3 is 17.8 Å². The van der Waals surface area contributed by atoms with Crippen molar-refractivity contribution in [3.05, 3.63) is 34.1 Å². The van der Waals surface area contributed by atoms with Crippen molar-refractivity contribution < 1.29 is 18.8 Å². The zero-order valence-electron chi connectivity index (χ0n) is 13.3. The Morgan fingerprint density at radius 3 is 2.54 bits per heavy atom. The standard InChI is InChI=1S/C17H18BrFN2O3/c1-10-4-2-3-5-14(10)21-16(23)15(22)20(17(21)24)9-11-6-7-12(18)8-13(11)19/h6-8,10,14H,2-5,9H2,1H3/t10-,14-/m0/s1. The zero-order chi connectivity index (χ0) is 17.4. The number of carbonyl (C=O) groups excluding carboxylic acids is 3. The van der Waals surface area contributed by atoms with Gasteiger partial charge in [0.2, 0.25) is 0 Å².